The third kappa shape index (κ3) is 2.72. The fourth-order valence-electron chi connectivity index (χ4n) is 1.82. The maximum Gasteiger partial charge on any atom is 0.281 e. The molecule has 0 fully saturated rings. The van der Waals surface area contributed by atoms with E-state index < -0.39 is 0 Å². The molecule has 1 aromatic carbocycles. The second-order valence-corrected chi connectivity index (χ2v) is 5.85. The van der Waals surface area contributed by atoms with Gasteiger partial charge in [-0.25, -0.2) is 0 Å². The zero-order valence-electron chi connectivity index (χ0n) is 11.7. The Balaban J connectivity index is 2.27. The van der Waals surface area contributed by atoms with E-state index in [1.54, 1.807) is 12.1 Å². The van der Waals surface area contributed by atoms with Crippen molar-refractivity contribution in [3.05, 3.63) is 35.4 Å². The summed E-state index contributed by atoms with van der Waals surface area (Å²) in [5.41, 5.74) is 2.11. The number of hydrogen-bond acceptors (Lipinski definition) is 3. The molecule has 0 unspecified atom stereocenters. The van der Waals surface area contributed by atoms with Gasteiger partial charge in [0.25, 0.3) is 11.8 Å². The molecule has 0 saturated heterocycles. The van der Waals surface area contributed by atoms with Gasteiger partial charge in [0, 0.05) is 11.0 Å². The zero-order valence-corrected chi connectivity index (χ0v) is 11.7. The number of nitrogens with zero attached hydrogens (tertiary/aromatic N) is 2. The Bertz CT molecular complexity index is 551. The van der Waals surface area contributed by atoms with Gasteiger partial charge in [-0.1, -0.05) is 38.5 Å². The highest BCUT2D eigenvalue weighted by Gasteiger charge is 2.34. The average molecular weight is 258 g/mol. The molecule has 4 nitrogen and oxygen atoms in total. The molecule has 2 rings (SSSR count). The van der Waals surface area contributed by atoms with Crippen molar-refractivity contribution < 1.29 is 9.59 Å². The van der Waals surface area contributed by atoms with Crippen molar-refractivity contribution in [3.63, 3.8) is 0 Å². The van der Waals surface area contributed by atoms with E-state index in [9.17, 15) is 9.59 Å². The van der Waals surface area contributed by atoms with Gasteiger partial charge in [0.15, 0.2) is 0 Å². The fraction of sp³-hybridized carbons (Fsp3) is 0.400. The van der Waals surface area contributed by atoms with Crippen molar-refractivity contribution in [2.24, 2.45) is 10.5 Å². The lowest BCUT2D eigenvalue weighted by Crippen LogP contribution is -2.28. The third-order valence-corrected chi connectivity index (χ3v) is 3.13. The minimum absolute atomic E-state index is 0.196. The molecule has 1 heterocycles. The number of rotatable bonds is 1. The number of hydrazone groups is 1. The molecule has 4 heteroatoms. The Kier molecular flexibility index (Phi) is 3.27. The number of hydrogen-bond donors (Lipinski definition) is 0. The van der Waals surface area contributed by atoms with Gasteiger partial charge in [-0.2, -0.15) is 10.1 Å². The lowest BCUT2D eigenvalue weighted by Gasteiger charge is -2.16. The van der Waals surface area contributed by atoms with Crippen molar-refractivity contribution in [2.45, 2.75) is 34.1 Å². The maximum atomic E-state index is 12.2. The van der Waals surface area contributed by atoms with Gasteiger partial charge in [0.05, 0.1) is 12.1 Å². The fourth-order valence-corrected chi connectivity index (χ4v) is 1.82. The molecule has 0 bridgehead atoms. The Morgan fingerprint density at radius 1 is 1.21 bits per heavy atom. The summed E-state index contributed by atoms with van der Waals surface area (Å²) in [4.78, 5) is 24.1. The summed E-state index contributed by atoms with van der Waals surface area (Å²) in [7, 11) is 0. The van der Waals surface area contributed by atoms with Gasteiger partial charge >= 0.3 is 0 Å². The molecule has 0 radical (unpaired) electrons. The number of amides is 2. The molecule has 0 N–H and O–H groups in total. The number of carbonyl (C=O) groups is 2. The van der Waals surface area contributed by atoms with Crippen molar-refractivity contribution in [2.75, 3.05) is 0 Å². The Morgan fingerprint density at radius 2 is 1.79 bits per heavy atom. The summed E-state index contributed by atoms with van der Waals surface area (Å²) in [6.45, 7) is 7.90. The lowest BCUT2D eigenvalue weighted by atomic mass is 9.88. The van der Waals surface area contributed by atoms with Crippen molar-refractivity contribution in [3.8, 4) is 0 Å². The first-order valence-electron chi connectivity index (χ1n) is 6.31. The molecule has 100 valence electrons. The minimum Gasteiger partial charge on any atom is -0.272 e. The molecule has 2 amide bonds. The topological polar surface area (TPSA) is 49.7 Å². The summed E-state index contributed by atoms with van der Waals surface area (Å²) in [6, 6.07) is 7.13. The van der Waals surface area contributed by atoms with Gasteiger partial charge < -0.3 is 0 Å². The van der Waals surface area contributed by atoms with Crippen molar-refractivity contribution in [1.29, 1.82) is 0 Å². The summed E-state index contributed by atoms with van der Waals surface area (Å²) >= 11 is 0. The van der Waals surface area contributed by atoms with Crippen LogP contribution in [0.2, 0.25) is 0 Å². The zero-order chi connectivity index (χ0) is 14.2. The second kappa shape index (κ2) is 4.61. The number of benzene rings is 1. The molecule has 0 aromatic heterocycles. The monoisotopic (exact) mass is 258 g/mol. The number of carbonyl (C=O) groups excluding carboxylic acids is 2. The largest absolute Gasteiger partial charge is 0.281 e. The van der Waals surface area contributed by atoms with Crippen LogP contribution in [0.3, 0.4) is 0 Å². The van der Waals surface area contributed by atoms with Crippen LogP contribution < -0.4 is 0 Å². The third-order valence-electron chi connectivity index (χ3n) is 3.13. The highest BCUT2D eigenvalue weighted by Crippen LogP contribution is 2.25. The van der Waals surface area contributed by atoms with Gasteiger partial charge in [-0.05, 0) is 19.1 Å². The predicted molar refractivity (Wildman–Crippen MR) is 73.9 cm³/mol. The summed E-state index contributed by atoms with van der Waals surface area (Å²) in [5.74, 6) is -0.611. The smallest absolute Gasteiger partial charge is 0.272 e. The quantitative estimate of drug-likeness (QED) is 0.727. The van der Waals surface area contributed by atoms with Crippen LogP contribution in [0.1, 0.15) is 43.1 Å². The van der Waals surface area contributed by atoms with Crippen LogP contribution in [0.5, 0.6) is 0 Å². The molecule has 0 saturated carbocycles. The van der Waals surface area contributed by atoms with Gasteiger partial charge in [0.1, 0.15) is 0 Å². The molecule has 1 aromatic rings. The van der Waals surface area contributed by atoms with Crippen molar-refractivity contribution in [1.82, 2.24) is 5.01 Å². The van der Waals surface area contributed by atoms with Gasteiger partial charge in [-0.3, -0.25) is 9.59 Å². The normalized spacial score (nSPS) is 15.7. The predicted octanol–water partition coefficient (Wildman–Crippen LogP) is 2.77. The lowest BCUT2D eigenvalue weighted by molar-refractivity contribution is -0.126. The van der Waals surface area contributed by atoms with E-state index in [1.165, 1.54) is 0 Å². The molecule has 1 aliphatic heterocycles. The van der Waals surface area contributed by atoms with E-state index in [0.717, 1.165) is 16.3 Å². The Labute approximate surface area is 113 Å². The first kappa shape index (κ1) is 13.5. The summed E-state index contributed by atoms with van der Waals surface area (Å²) in [6.07, 6.45) is 0.223. The van der Waals surface area contributed by atoms with Crippen molar-refractivity contribution >= 4 is 17.5 Å². The van der Waals surface area contributed by atoms with Crippen LogP contribution in [0.25, 0.3) is 0 Å². The van der Waals surface area contributed by atoms with E-state index >= 15 is 0 Å². The first-order chi connectivity index (χ1) is 8.79. The molecular weight excluding hydrogens is 240 g/mol. The second-order valence-electron chi connectivity index (χ2n) is 5.85. The average Bonchev–Trinajstić information content (AvgIpc) is 2.71. The molecule has 0 aliphatic carbocycles. The minimum atomic E-state index is -0.357. The van der Waals surface area contributed by atoms with Gasteiger partial charge in [-0.15, -0.1) is 0 Å². The van der Waals surface area contributed by atoms with E-state index in [4.69, 9.17) is 0 Å². The van der Waals surface area contributed by atoms with Crippen LogP contribution >= 0.6 is 0 Å². The van der Waals surface area contributed by atoms with Crippen LogP contribution in [0.15, 0.2) is 29.4 Å². The van der Waals surface area contributed by atoms with E-state index in [2.05, 4.69) is 5.10 Å². The summed E-state index contributed by atoms with van der Waals surface area (Å²) < 4.78 is 0. The van der Waals surface area contributed by atoms with Crippen LogP contribution in [0.4, 0.5) is 0 Å². The van der Waals surface area contributed by atoms with Crippen LogP contribution in [-0.4, -0.2) is 22.5 Å². The highest BCUT2D eigenvalue weighted by atomic mass is 16.2. The maximum absolute atomic E-state index is 12.2. The SMILES string of the molecule is Cc1ccc(C(=O)N2N=C(C(C)(C)C)CC2=O)cc1. The number of aryl methyl sites for hydroxylation is 1. The highest BCUT2D eigenvalue weighted by molar-refractivity contribution is 6.15. The van der Waals surface area contributed by atoms with E-state index in [-0.39, 0.29) is 23.7 Å². The molecule has 19 heavy (non-hydrogen) atoms. The molecule has 0 atom stereocenters. The Morgan fingerprint density at radius 3 is 2.26 bits per heavy atom. The van der Waals surface area contributed by atoms with Crippen LogP contribution in [-0.2, 0) is 4.79 Å². The van der Waals surface area contributed by atoms with E-state index in [1.807, 2.05) is 39.8 Å². The number of imide groups is 1. The Hall–Kier alpha value is -1.97. The van der Waals surface area contributed by atoms with Gasteiger partial charge in [0.2, 0.25) is 0 Å². The summed E-state index contributed by atoms with van der Waals surface area (Å²) in [5, 5.41) is 5.18. The van der Waals surface area contributed by atoms with Crippen LogP contribution in [0, 0.1) is 12.3 Å². The van der Waals surface area contributed by atoms with E-state index in [0.29, 0.717) is 5.56 Å². The molecular formula is C15H18N2O2. The molecule has 1 aliphatic rings. The molecule has 0 spiro atoms. The first-order valence-corrected chi connectivity index (χ1v) is 6.31. The standard InChI is InChI=1S/C15H18N2O2/c1-10-5-7-11(8-6-10)14(19)17-13(18)9-12(16-17)15(2,3)4/h5-8H,9H2,1-4H3.